The van der Waals surface area contributed by atoms with Gasteiger partial charge in [0.25, 0.3) is 5.91 Å². The summed E-state index contributed by atoms with van der Waals surface area (Å²) in [6, 6.07) is 10.0. The van der Waals surface area contributed by atoms with Gasteiger partial charge in [0.2, 0.25) is 0 Å². The molecule has 0 heterocycles. The maximum atomic E-state index is 13.3. The number of carbonyl (C=O) groups excluding carboxylic acids is 1. The van der Waals surface area contributed by atoms with Gasteiger partial charge in [-0.1, -0.05) is 12.1 Å². The van der Waals surface area contributed by atoms with Gasteiger partial charge in [0.15, 0.2) is 0 Å². The van der Waals surface area contributed by atoms with Gasteiger partial charge in [0.1, 0.15) is 5.82 Å². The van der Waals surface area contributed by atoms with Gasteiger partial charge < -0.3 is 10.4 Å². The number of halogens is 2. The lowest BCUT2D eigenvalue weighted by Gasteiger charge is -2.07. The molecule has 0 aliphatic heterocycles. The van der Waals surface area contributed by atoms with Crippen LogP contribution in [-0.2, 0) is 5.88 Å². The second-order valence-electron chi connectivity index (χ2n) is 4.28. The summed E-state index contributed by atoms with van der Waals surface area (Å²) < 4.78 is 13.3. The Bertz CT molecular complexity index is 686. The minimum atomic E-state index is -1.39. The van der Waals surface area contributed by atoms with E-state index in [0.29, 0.717) is 11.4 Å². The third-order valence-electron chi connectivity index (χ3n) is 2.83. The first-order valence-corrected chi connectivity index (χ1v) is 6.54. The standard InChI is InChI=1S/C15H11ClFNO3/c16-8-9-1-3-10(4-2-9)14(19)18-11-5-6-13(17)12(7-11)15(20)21/h1-7H,8H2,(H,18,19)(H,20,21). The number of anilines is 1. The molecule has 21 heavy (non-hydrogen) atoms. The van der Waals surface area contributed by atoms with Crippen LogP contribution in [0.5, 0.6) is 0 Å². The lowest BCUT2D eigenvalue weighted by Crippen LogP contribution is -2.13. The quantitative estimate of drug-likeness (QED) is 0.849. The van der Waals surface area contributed by atoms with Gasteiger partial charge >= 0.3 is 5.97 Å². The largest absolute Gasteiger partial charge is 0.478 e. The number of hydrogen-bond donors (Lipinski definition) is 2. The Morgan fingerprint density at radius 1 is 1.14 bits per heavy atom. The van der Waals surface area contributed by atoms with E-state index in [1.807, 2.05) is 0 Å². The second kappa shape index (κ2) is 6.37. The van der Waals surface area contributed by atoms with Crippen molar-refractivity contribution >= 4 is 29.2 Å². The fourth-order valence-corrected chi connectivity index (χ4v) is 1.89. The van der Waals surface area contributed by atoms with Crippen LogP contribution in [0, 0.1) is 5.82 Å². The molecule has 0 saturated heterocycles. The first kappa shape index (κ1) is 15.0. The third kappa shape index (κ3) is 3.58. The number of nitrogens with one attached hydrogen (secondary N) is 1. The van der Waals surface area contributed by atoms with E-state index in [0.717, 1.165) is 17.7 Å². The van der Waals surface area contributed by atoms with Gasteiger partial charge in [-0.2, -0.15) is 0 Å². The van der Waals surface area contributed by atoms with Crippen molar-refractivity contribution in [1.82, 2.24) is 0 Å². The summed E-state index contributed by atoms with van der Waals surface area (Å²) in [5.74, 6) is -2.32. The number of alkyl halides is 1. The zero-order chi connectivity index (χ0) is 15.4. The molecule has 0 bridgehead atoms. The van der Waals surface area contributed by atoms with Crippen LogP contribution in [0.3, 0.4) is 0 Å². The van der Waals surface area contributed by atoms with E-state index in [9.17, 15) is 14.0 Å². The molecule has 0 aliphatic carbocycles. The molecule has 0 fully saturated rings. The van der Waals surface area contributed by atoms with Crippen molar-refractivity contribution in [2.75, 3.05) is 5.32 Å². The van der Waals surface area contributed by atoms with E-state index in [-0.39, 0.29) is 5.69 Å². The number of carboxylic acids is 1. The Morgan fingerprint density at radius 3 is 2.38 bits per heavy atom. The number of hydrogen-bond acceptors (Lipinski definition) is 2. The minimum Gasteiger partial charge on any atom is -0.478 e. The average Bonchev–Trinajstić information content (AvgIpc) is 2.49. The summed E-state index contributed by atoms with van der Waals surface area (Å²) in [5.41, 5.74) is 0.985. The van der Waals surface area contributed by atoms with Gasteiger partial charge in [0.05, 0.1) is 5.56 Å². The van der Waals surface area contributed by atoms with Crippen LogP contribution in [0.25, 0.3) is 0 Å². The number of amides is 1. The Morgan fingerprint density at radius 2 is 1.81 bits per heavy atom. The SMILES string of the molecule is O=C(Nc1ccc(F)c(C(=O)O)c1)c1ccc(CCl)cc1. The summed E-state index contributed by atoms with van der Waals surface area (Å²) in [6.45, 7) is 0. The molecule has 2 aromatic rings. The molecule has 0 aliphatic rings. The first-order valence-electron chi connectivity index (χ1n) is 6.00. The minimum absolute atomic E-state index is 0.209. The Kier molecular flexibility index (Phi) is 4.55. The molecule has 108 valence electrons. The van der Waals surface area contributed by atoms with Crippen LogP contribution in [0.15, 0.2) is 42.5 Å². The van der Waals surface area contributed by atoms with Crippen molar-refractivity contribution in [1.29, 1.82) is 0 Å². The van der Waals surface area contributed by atoms with E-state index in [2.05, 4.69) is 5.32 Å². The number of rotatable bonds is 4. The van der Waals surface area contributed by atoms with E-state index < -0.39 is 23.3 Å². The number of benzene rings is 2. The zero-order valence-corrected chi connectivity index (χ0v) is 11.5. The topological polar surface area (TPSA) is 66.4 Å². The third-order valence-corrected chi connectivity index (χ3v) is 3.13. The molecular formula is C15H11ClFNO3. The number of aromatic carboxylic acids is 1. The molecule has 0 atom stereocenters. The maximum Gasteiger partial charge on any atom is 0.338 e. The molecule has 2 rings (SSSR count). The van der Waals surface area contributed by atoms with Crippen molar-refractivity contribution in [3.05, 3.63) is 65.0 Å². The van der Waals surface area contributed by atoms with Crippen LogP contribution < -0.4 is 5.32 Å². The van der Waals surface area contributed by atoms with E-state index in [1.165, 1.54) is 6.07 Å². The molecular weight excluding hydrogens is 297 g/mol. The summed E-state index contributed by atoms with van der Waals surface area (Å²) in [6.07, 6.45) is 0. The molecule has 0 aromatic heterocycles. The van der Waals surface area contributed by atoms with E-state index >= 15 is 0 Å². The predicted molar refractivity (Wildman–Crippen MR) is 77.3 cm³/mol. The van der Waals surface area contributed by atoms with Crippen LogP contribution >= 0.6 is 11.6 Å². The summed E-state index contributed by atoms with van der Waals surface area (Å²) >= 11 is 5.66. The Balaban J connectivity index is 2.19. The molecule has 2 aromatic carbocycles. The molecule has 1 amide bonds. The van der Waals surface area contributed by atoms with Gasteiger partial charge in [-0.25, -0.2) is 9.18 Å². The summed E-state index contributed by atoms with van der Waals surface area (Å²) in [7, 11) is 0. The number of carboxylic acid groups (broad SMARTS) is 1. The van der Waals surface area contributed by atoms with Gasteiger partial charge in [-0.15, -0.1) is 11.6 Å². The van der Waals surface area contributed by atoms with E-state index in [4.69, 9.17) is 16.7 Å². The normalized spacial score (nSPS) is 10.2. The molecule has 0 spiro atoms. The fraction of sp³-hybridized carbons (Fsp3) is 0.0667. The molecule has 0 radical (unpaired) electrons. The van der Waals surface area contributed by atoms with Crippen molar-refractivity contribution in [3.63, 3.8) is 0 Å². The van der Waals surface area contributed by atoms with Crippen molar-refractivity contribution in [2.24, 2.45) is 0 Å². The van der Waals surface area contributed by atoms with Crippen LogP contribution in [0.4, 0.5) is 10.1 Å². The lowest BCUT2D eigenvalue weighted by molar-refractivity contribution is 0.0691. The highest BCUT2D eigenvalue weighted by Crippen LogP contribution is 2.16. The highest BCUT2D eigenvalue weighted by Gasteiger charge is 2.12. The van der Waals surface area contributed by atoms with Crippen LogP contribution in [-0.4, -0.2) is 17.0 Å². The summed E-state index contributed by atoms with van der Waals surface area (Å²) in [4.78, 5) is 22.8. The van der Waals surface area contributed by atoms with Crippen molar-refractivity contribution in [3.8, 4) is 0 Å². The van der Waals surface area contributed by atoms with Gasteiger partial charge in [0, 0.05) is 17.1 Å². The smallest absolute Gasteiger partial charge is 0.338 e. The van der Waals surface area contributed by atoms with Crippen molar-refractivity contribution in [2.45, 2.75) is 5.88 Å². The fourth-order valence-electron chi connectivity index (χ4n) is 1.72. The molecule has 0 unspecified atom stereocenters. The Labute approximate surface area is 125 Å². The molecule has 2 N–H and O–H groups in total. The van der Waals surface area contributed by atoms with Crippen LogP contribution in [0.1, 0.15) is 26.3 Å². The highest BCUT2D eigenvalue weighted by molar-refractivity contribution is 6.17. The van der Waals surface area contributed by atoms with Gasteiger partial charge in [-0.05, 0) is 35.9 Å². The summed E-state index contributed by atoms with van der Waals surface area (Å²) in [5, 5.41) is 11.3. The van der Waals surface area contributed by atoms with Gasteiger partial charge in [-0.3, -0.25) is 4.79 Å². The zero-order valence-electron chi connectivity index (χ0n) is 10.8. The van der Waals surface area contributed by atoms with Crippen LogP contribution in [0.2, 0.25) is 0 Å². The lowest BCUT2D eigenvalue weighted by atomic mass is 10.1. The maximum absolute atomic E-state index is 13.3. The Hall–Kier alpha value is -2.40. The molecule has 4 nitrogen and oxygen atoms in total. The predicted octanol–water partition coefficient (Wildman–Crippen LogP) is 3.52. The first-order chi connectivity index (χ1) is 10.0. The second-order valence-corrected chi connectivity index (χ2v) is 4.55. The molecule has 6 heteroatoms. The number of carbonyl (C=O) groups is 2. The monoisotopic (exact) mass is 307 g/mol. The molecule has 0 saturated carbocycles. The van der Waals surface area contributed by atoms with Crippen molar-refractivity contribution < 1.29 is 19.1 Å². The average molecular weight is 308 g/mol. The highest BCUT2D eigenvalue weighted by atomic mass is 35.5. The van der Waals surface area contributed by atoms with E-state index in [1.54, 1.807) is 24.3 Å².